The number of piperidine rings is 1. The van der Waals surface area contributed by atoms with Crippen LogP contribution in [0, 0.1) is 13.8 Å². The number of hydrogen-bond donors (Lipinski definition) is 2. The van der Waals surface area contributed by atoms with Crippen LogP contribution < -0.4 is 16.0 Å². The SMILES string of the molecule is Cc1cc(N(C)C(N)=O)cc(C)c1C=CS(=O)(=O)N1CCC2(CC1)N=C(c1cccc(CCCC(F)(F)F)c1)NC2=O. The molecule has 2 aromatic carbocycles. The molecule has 0 aliphatic carbocycles. The Hall–Kier alpha value is -3.71. The number of benzene rings is 2. The van der Waals surface area contributed by atoms with Gasteiger partial charge in [0.1, 0.15) is 11.4 Å². The second-order valence-corrected chi connectivity index (χ2v) is 12.6. The van der Waals surface area contributed by atoms with E-state index in [2.05, 4.69) is 10.3 Å². The number of carbonyl (C=O) groups excluding carboxylic acids is 2. The number of aryl methyl sites for hydroxylation is 3. The molecule has 0 aromatic heterocycles. The Kier molecular flexibility index (Phi) is 8.84. The number of primary amides is 1. The van der Waals surface area contributed by atoms with E-state index >= 15 is 0 Å². The molecule has 42 heavy (non-hydrogen) atoms. The van der Waals surface area contributed by atoms with Gasteiger partial charge in [0.05, 0.1) is 0 Å². The fourth-order valence-electron chi connectivity index (χ4n) is 5.25. The lowest BCUT2D eigenvalue weighted by Crippen LogP contribution is -2.50. The van der Waals surface area contributed by atoms with Crippen molar-refractivity contribution in [3.8, 4) is 0 Å². The first-order valence-electron chi connectivity index (χ1n) is 13.5. The molecule has 2 aliphatic heterocycles. The maximum absolute atomic E-state index is 13.2. The van der Waals surface area contributed by atoms with E-state index in [1.54, 1.807) is 43.4 Å². The van der Waals surface area contributed by atoms with Gasteiger partial charge in [-0.3, -0.25) is 14.7 Å². The van der Waals surface area contributed by atoms with Crippen molar-refractivity contribution < 1.29 is 31.2 Å². The van der Waals surface area contributed by atoms with Gasteiger partial charge in [0.25, 0.3) is 5.91 Å². The van der Waals surface area contributed by atoms with Crippen molar-refractivity contribution in [1.29, 1.82) is 0 Å². The van der Waals surface area contributed by atoms with Gasteiger partial charge in [-0.1, -0.05) is 18.2 Å². The molecule has 0 saturated carbocycles. The van der Waals surface area contributed by atoms with E-state index < -0.39 is 34.2 Å². The predicted molar refractivity (Wildman–Crippen MR) is 156 cm³/mol. The first kappa shape index (κ1) is 31.2. The maximum atomic E-state index is 13.2. The van der Waals surface area contributed by atoms with Crippen LogP contribution in [-0.2, 0) is 21.2 Å². The van der Waals surface area contributed by atoms with Gasteiger partial charge in [-0.25, -0.2) is 13.2 Å². The quantitative estimate of drug-likeness (QED) is 0.462. The lowest BCUT2D eigenvalue weighted by Gasteiger charge is -2.34. The summed E-state index contributed by atoms with van der Waals surface area (Å²) < 4.78 is 65.2. The van der Waals surface area contributed by atoms with Crippen LogP contribution in [0.5, 0.6) is 0 Å². The topological polar surface area (TPSA) is 125 Å². The highest BCUT2D eigenvalue weighted by atomic mass is 32.2. The van der Waals surface area contributed by atoms with E-state index in [-0.39, 0.29) is 44.7 Å². The summed E-state index contributed by atoms with van der Waals surface area (Å²) in [7, 11) is -2.25. The fraction of sp³-hybridized carbons (Fsp3) is 0.414. The zero-order chi connectivity index (χ0) is 30.9. The molecular weight excluding hydrogens is 571 g/mol. The van der Waals surface area contributed by atoms with Crippen LogP contribution in [0.1, 0.15) is 53.5 Å². The Morgan fingerprint density at radius 2 is 1.81 bits per heavy atom. The molecule has 9 nitrogen and oxygen atoms in total. The summed E-state index contributed by atoms with van der Waals surface area (Å²) in [5.41, 5.74) is 8.41. The van der Waals surface area contributed by atoms with E-state index in [0.717, 1.165) is 16.5 Å². The smallest absolute Gasteiger partial charge is 0.351 e. The van der Waals surface area contributed by atoms with Crippen LogP contribution in [0.3, 0.4) is 0 Å². The summed E-state index contributed by atoms with van der Waals surface area (Å²) in [6.45, 7) is 3.81. The Morgan fingerprint density at radius 1 is 1.17 bits per heavy atom. The van der Waals surface area contributed by atoms with Gasteiger partial charge in [-0.05, 0) is 86.1 Å². The third kappa shape index (κ3) is 7.01. The molecular formula is C29H34F3N5O4S. The van der Waals surface area contributed by atoms with Crippen LogP contribution in [-0.4, -0.2) is 62.3 Å². The number of nitrogens with one attached hydrogen (secondary N) is 1. The molecule has 0 atom stereocenters. The second kappa shape index (κ2) is 11.9. The van der Waals surface area contributed by atoms with Crippen molar-refractivity contribution in [2.75, 3.05) is 25.0 Å². The predicted octanol–water partition coefficient (Wildman–Crippen LogP) is 4.42. The monoisotopic (exact) mass is 605 g/mol. The van der Waals surface area contributed by atoms with Crippen molar-refractivity contribution in [3.05, 3.63) is 69.6 Å². The van der Waals surface area contributed by atoms with Crippen LogP contribution >= 0.6 is 0 Å². The van der Waals surface area contributed by atoms with Crippen LogP contribution in [0.2, 0.25) is 0 Å². The maximum Gasteiger partial charge on any atom is 0.389 e. The third-order valence-corrected chi connectivity index (χ3v) is 9.28. The zero-order valence-electron chi connectivity index (χ0n) is 23.7. The number of sulfonamides is 1. The average Bonchev–Trinajstić information content (AvgIpc) is 3.22. The molecule has 1 spiro atoms. The number of aliphatic imine (C=N–C) groups is 1. The Bertz CT molecular complexity index is 1520. The summed E-state index contributed by atoms with van der Waals surface area (Å²) in [4.78, 5) is 30.5. The summed E-state index contributed by atoms with van der Waals surface area (Å²) in [6, 6.07) is 9.80. The number of rotatable bonds is 8. The van der Waals surface area contributed by atoms with Gasteiger partial charge in [-0.15, -0.1) is 0 Å². The minimum absolute atomic E-state index is 0.0361. The van der Waals surface area contributed by atoms with Gasteiger partial charge < -0.3 is 11.1 Å². The van der Waals surface area contributed by atoms with Crippen LogP contribution in [0.4, 0.5) is 23.7 Å². The highest BCUT2D eigenvalue weighted by Gasteiger charge is 2.47. The summed E-state index contributed by atoms with van der Waals surface area (Å²) in [5.74, 6) is 0.0186. The minimum Gasteiger partial charge on any atom is -0.351 e. The lowest BCUT2D eigenvalue weighted by atomic mass is 9.89. The number of halogens is 3. The van der Waals surface area contributed by atoms with E-state index in [1.165, 1.54) is 15.3 Å². The Balaban J connectivity index is 1.44. The number of carbonyl (C=O) groups is 2. The molecule has 1 fully saturated rings. The molecule has 0 unspecified atom stereocenters. The Labute approximate surface area is 243 Å². The molecule has 13 heteroatoms. The standard InChI is InChI=1S/C29H34F3N5O4S/c1-19-16-23(36(3)27(33)39)17-20(2)24(19)9-15-42(40,41)37-13-11-28(12-14-37)26(38)34-25(35-28)22-8-4-6-21(18-22)7-5-10-29(30,31)32/h4,6,8-9,15-18H,5,7,10-14H2,1-3H3,(H2,33,39)(H,34,35,38). The van der Waals surface area contributed by atoms with E-state index in [9.17, 15) is 31.2 Å². The first-order valence-corrected chi connectivity index (χ1v) is 15.0. The second-order valence-electron chi connectivity index (χ2n) is 10.8. The molecule has 1 saturated heterocycles. The number of urea groups is 1. The fourth-order valence-corrected chi connectivity index (χ4v) is 6.42. The minimum atomic E-state index is -4.21. The summed E-state index contributed by atoms with van der Waals surface area (Å²) in [5, 5.41) is 3.93. The van der Waals surface area contributed by atoms with Crippen LogP contribution in [0.15, 0.2) is 46.8 Å². The normalized spacial score (nSPS) is 17.5. The Morgan fingerprint density at radius 3 is 2.40 bits per heavy atom. The molecule has 2 aliphatic rings. The highest BCUT2D eigenvalue weighted by molar-refractivity contribution is 7.92. The third-order valence-electron chi connectivity index (χ3n) is 7.72. The van der Waals surface area contributed by atoms with Gasteiger partial charge in [0.15, 0.2) is 0 Å². The molecule has 2 heterocycles. The number of amidine groups is 1. The average molecular weight is 606 g/mol. The number of nitrogens with zero attached hydrogens (tertiary/aromatic N) is 3. The van der Waals surface area contributed by atoms with Gasteiger partial charge >= 0.3 is 12.2 Å². The van der Waals surface area contributed by atoms with Gasteiger partial charge in [0, 0.05) is 43.2 Å². The number of nitrogens with two attached hydrogens (primary N) is 1. The lowest BCUT2D eigenvalue weighted by molar-refractivity contribution is -0.135. The van der Waals surface area contributed by atoms with Crippen molar-refractivity contribution in [3.63, 3.8) is 0 Å². The van der Waals surface area contributed by atoms with Crippen molar-refractivity contribution in [1.82, 2.24) is 9.62 Å². The zero-order valence-corrected chi connectivity index (χ0v) is 24.5. The highest BCUT2D eigenvalue weighted by Crippen LogP contribution is 2.33. The van der Waals surface area contributed by atoms with Gasteiger partial charge in [-0.2, -0.15) is 17.5 Å². The number of anilines is 1. The van der Waals surface area contributed by atoms with Crippen molar-refractivity contribution >= 4 is 39.6 Å². The van der Waals surface area contributed by atoms with E-state index in [1.807, 2.05) is 13.8 Å². The molecule has 0 radical (unpaired) electrons. The molecule has 226 valence electrons. The summed E-state index contributed by atoms with van der Waals surface area (Å²) >= 11 is 0. The first-order chi connectivity index (χ1) is 19.6. The molecule has 3 amide bonds. The van der Waals surface area contributed by atoms with E-state index in [0.29, 0.717) is 28.2 Å². The van der Waals surface area contributed by atoms with E-state index in [4.69, 9.17) is 5.73 Å². The molecule has 2 aromatic rings. The number of amides is 3. The molecule has 4 rings (SSSR count). The number of hydrogen-bond acceptors (Lipinski definition) is 5. The molecule has 3 N–H and O–H groups in total. The van der Waals surface area contributed by atoms with Crippen molar-refractivity contribution in [2.45, 2.75) is 57.7 Å². The largest absolute Gasteiger partial charge is 0.389 e. The van der Waals surface area contributed by atoms with Gasteiger partial charge in [0.2, 0.25) is 10.0 Å². The van der Waals surface area contributed by atoms with Crippen molar-refractivity contribution in [2.24, 2.45) is 10.7 Å². The summed E-state index contributed by atoms with van der Waals surface area (Å²) in [6.07, 6.45) is -2.97. The molecule has 0 bridgehead atoms. The van der Waals surface area contributed by atoms with Crippen LogP contribution in [0.25, 0.3) is 6.08 Å². The number of alkyl halides is 3.